The number of ether oxygens (including phenoxy) is 3. The van der Waals surface area contributed by atoms with Crippen LogP contribution in [0.25, 0.3) is 0 Å². The Balaban J connectivity index is 0.00000400. The molecule has 1 heterocycles. The Morgan fingerprint density at radius 1 is 0.947 bits per heavy atom. The first kappa shape index (κ1) is 29.6. The minimum Gasteiger partial charge on any atom is -0.497 e. The first-order valence-electron chi connectivity index (χ1n) is 12.5. The molecule has 0 spiro atoms. The van der Waals surface area contributed by atoms with E-state index in [-0.39, 0.29) is 30.3 Å². The molecule has 1 aliphatic rings. The number of hydrogen-bond acceptors (Lipinski definition) is 7. The van der Waals surface area contributed by atoms with Crippen LogP contribution >= 0.6 is 24.2 Å². The van der Waals surface area contributed by atoms with Crippen LogP contribution in [0.15, 0.2) is 77.7 Å². The van der Waals surface area contributed by atoms with Crippen molar-refractivity contribution in [3.8, 4) is 17.2 Å². The Labute approximate surface area is 235 Å². The summed E-state index contributed by atoms with van der Waals surface area (Å²) in [4.78, 5) is 17.7. The molecule has 38 heavy (non-hydrogen) atoms. The van der Waals surface area contributed by atoms with Crippen molar-refractivity contribution in [3.63, 3.8) is 0 Å². The molecule has 0 bridgehead atoms. The molecule has 204 valence electrons. The minimum atomic E-state index is -0.235. The fourth-order valence-electron chi connectivity index (χ4n) is 4.33. The number of carbonyl (C=O) groups excluding carboxylic acids is 1. The van der Waals surface area contributed by atoms with Crippen LogP contribution in [0.1, 0.15) is 24.3 Å². The molecule has 7 nitrogen and oxygen atoms in total. The summed E-state index contributed by atoms with van der Waals surface area (Å²) in [5.41, 5.74) is 1.82. The van der Waals surface area contributed by atoms with Crippen LogP contribution in [-0.2, 0) is 4.79 Å². The summed E-state index contributed by atoms with van der Waals surface area (Å²) in [6.45, 7) is 4.81. The van der Waals surface area contributed by atoms with Gasteiger partial charge in [0.05, 0.1) is 26.0 Å². The van der Waals surface area contributed by atoms with Crippen molar-refractivity contribution >= 4 is 35.8 Å². The third kappa shape index (κ3) is 7.57. The van der Waals surface area contributed by atoms with Gasteiger partial charge in [-0.25, -0.2) is 0 Å². The van der Waals surface area contributed by atoms with Gasteiger partial charge in [0.25, 0.3) is 0 Å². The molecule has 0 saturated carbocycles. The second-order valence-corrected chi connectivity index (χ2v) is 9.78. The summed E-state index contributed by atoms with van der Waals surface area (Å²) in [5.74, 6) is 2.27. The normalized spacial score (nSPS) is 14.1. The lowest BCUT2D eigenvalue weighted by Gasteiger charge is -2.26. The molecule has 9 heteroatoms. The number of benzene rings is 3. The lowest BCUT2D eigenvalue weighted by molar-refractivity contribution is -0.116. The van der Waals surface area contributed by atoms with Gasteiger partial charge in [0, 0.05) is 37.0 Å². The lowest BCUT2D eigenvalue weighted by atomic mass is 10.1. The van der Waals surface area contributed by atoms with Gasteiger partial charge >= 0.3 is 0 Å². The molecule has 0 saturated heterocycles. The molecule has 1 N–H and O–H groups in total. The van der Waals surface area contributed by atoms with Crippen molar-refractivity contribution < 1.29 is 24.1 Å². The molecule has 1 amide bonds. The number of hydrogen-bond donors (Lipinski definition) is 1. The standard InChI is InChI=1S/C29H34N2O5S.ClH/c1-22(33)31-26-11-6-7-12-28(26)37-29(31)25-21-24(34-2)13-14-27(25)36-19-8-15-30(16-18-32)17-20-35-23-9-4-3-5-10-23;/h3-7,9-14,21,29,32H,8,15-20H2,1-2H3;1H. The third-order valence-electron chi connectivity index (χ3n) is 6.13. The highest BCUT2D eigenvalue weighted by Gasteiger charge is 2.35. The van der Waals surface area contributed by atoms with Gasteiger partial charge in [0.2, 0.25) is 5.91 Å². The molecule has 1 atom stereocenters. The summed E-state index contributed by atoms with van der Waals surface area (Å²) in [7, 11) is 1.64. The zero-order valence-corrected chi connectivity index (χ0v) is 23.4. The fraction of sp³-hybridized carbons (Fsp3) is 0.345. The van der Waals surface area contributed by atoms with Gasteiger partial charge in [-0.15, -0.1) is 12.4 Å². The molecule has 3 aromatic rings. The topological polar surface area (TPSA) is 71.5 Å². The van der Waals surface area contributed by atoms with Gasteiger partial charge < -0.3 is 19.3 Å². The van der Waals surface area contributed by atoms with Crippen LogP contribution in [0.3, 0.4) is 0 Å². The maximum absolute atomic E-state index is 12.6. The molecule has 4 rings (SSSR count). The van der Waals surface area contributed by atoms with E-state index in [9.17, 15) is 9.90 Å². The molecular weight excluding hydrogens is 524 g/mol. The van der Waals surface area contributed by atoms with Gasteiger partial charge in [0.1, 0.15) is 29.2 Å². The Kier molecular flexibility index (Phi) is 11.6. The molecule has 3 aromatic carbocycles. The third-order valence-corrected chi connectivity index (χ3v) is 7.42. The summed E-state index contributed by atoms with van der Waals surface area (Å²) in [6.07, 6.45) is 0.783. The molecule has 1 unspecified atom stereocenters. The molecular formula is C29H35ClN2O5S. The maximum atomic E-state index is 12.6. The molecule has 0 radical (unpaired) electrons. The van der Waals surface area contributed by atoms with Crippen molar-refractivity contribution in [3.05, 3.63) is 78.4 Å². The summed E-state index contributed by atoms with van der Waals surface area (Å²) in [6, 6.07) is 23.4. The van der Waals surface area contributed by atoms with Crippen LogP contribution in [0.5, 0.6) is 17.2 Å². The number of fused-ring (bicyclic) bond motifs is 1. The molecule has 0 aromatic heterocycles. The van der Waals surface area contributed by atoms with E-state index in [1.807, 2.05) is 77.7 Å². The Hall–Kier alpha value is -2.91. The van der Waals surface area contributed by atoms with Crippen LogP contribution in [-0.4, -0.2) is 62.5 Å². The number of thioether (sulfide) groups is 1. The van der Waals surface area contributed by atoms with Gasteiger partial charge in [-0.1, -0.05) is 42.1 Å². The highest BCUT2D eigenvalue weighted by atomic mass is 35.5. The van der Waals surface area contributed by atoms with E-state index in [4.69, 9.17) is 14.2 Å². The predicted octanol–water partition coefficient (Wildman–Crippen LogP) is 5.42. The summed E-state index contributed by atoms with van der Waals surface area (Å²) in [5, 5.41) is 9.24. The molecule has 1 aliphatic heterocycles. The SMILES string of the molecule is COc1ccc(OCCCN(CCO)CCOc2ccccc2)c(C2Sc3ccccc3N2C(C)=O)c1.Cl. The van der Waals surface area contributed by atoms with E-state index in [0.29, 0.717) is 26.3 Å². The summed E-state index contributed by atoms with van der Waals surface area (Å²) >= 11 is 1.64. The van der Waals surface area contributed by atoms with Crippen LogP contribution in [0.4, 0.5) is 5.69 Å². The number of aliphatic hydroxyl groups is 1. The molecule has 0 fully saturated rings. The van der Waals surface area contributed by atoms with E-state index < -0.39 is 0 Å². The number of rotatable bonds is 13. The molecule has 0 aliphatic carbocycles. The number of para-hydroxylation sites is 2. The quantitative estimate of drug-likeness (QED) is 0.281. The number of nitrogens with zero attached hydrogens (tertiary/aromatic N) is 2. The average molecular weight is 559 g/mol. The van der Waals surface area contributed by atoms with E-state index in [0.717, 1.165) is 46.4 Å². The highest BCUT2D eigenvalue weighted by Crippen LogP contribution is 2.53. The smallest absolute Gasteiger partial charge is 0.225 e. The number of amides is 1. The number of methoxy groups -OCH3 is 1. The Bertz CT molecular complexity index is 1170. The van der Waals surface area contributed by atoms with Crippen molar-refractivity contribution in [2.24, 2.45) is 0 Å². The van der Waals surface area contributed by atoms with Crippen molar-refractivity contribution in [2.45, 2.75) is 23.6 Å². The van der Waals surface area contributed by atoms with E-state index in [1.165, 1.54) is 0 Å². The first-order valence-corrected chi connectivity index (χ1v) is 13.4. The van der Waals surface area contributed by atoms with Crippen molar-refractivity contribution in [1.82, 2.24) is 4.90 Å². The Morgan fingerprint density at radius 3 is 2.45 bits per heavy atom. The van der Waals surface area contributed by atoms with Gasteiger partial charge in [-0.05, 0) is 48.9 Å². The van der Waals surface area contributed by atoms with E-state index in [2.05, 4.69) is 4.90 Å². The van der Waals surface area contributed by atoms with Crippen LogP contribution < -0.4 is 19.1 Å². The second kappa shape index (κ2) is 14.9. The maximum Gasteiger partial charge on any atom is 0.225 e. The summed E-state index contributed by atoms with van der Waals surface area (Å²) < 4.78 is 17.5. The second-order valence-electron chi connectivity index (χ2n) is 8.66. The zero-order chi connectivity index (χ0) is 26.0. The van der Waals surface area contributed by atoms with Gasteiger partial charge in [-0.3, -0.25) is 14.6 Å². The first-order chi connectivity index (χ1) is 18.1. The number of aliphatic hydroxyl groups excluding tert-OH is 1. The van der Waals surface area contributed by atoms with Crippen LogP contribution in [0, 0.1) is 0 Å². The number of anilines is 1. The zero-order valence-electron chi connectivity index (χ0n) is 21.7. The van der Waals surface area contributed by atoms with Crippen molar-refractivity contribution in [1.29, 1.82) is 0 Å². The lowest BCUT2D eigenvalue weighted by Crippen LogP contribution is -2.33. The van der Waals surface area contributed by atoms with Crippen molar-refractivity contribution in [2.75, 3.05) is 51.5 Å². The monoisotopic (exact) mass is 558 g/mol. The Morgan fingerprint density at radius 2 is 1.71 bits per heavy atom. The van der Waals surface area contributed by atoms with E-state index >= 15 is 0 Å². The fourth-order valence-corrected chi connectivity index (χ4v) is 5.69. The van der Waals surface area contributed by atoms with Gasteiger partial charge in [0.15, 0.2) is 0 Å². The number of carbonyl (C=O) groups is 1. The van der Waals surface area contributed by atoms with E-state index in [1.54, 1.807) is 25.8 Å². The number of halogens is 1. The highest BCUT2D eigenvalue weighted by molar-refractivity contribution is 8.00. The average Bonchev–Trinajstić information content (AvgIpc) is 3.31. The largest absolute Gasteiger partial charge is 0.497 e. The predicted molar refractivity (Wildman–Crippen MR) is 154 cm³/mol. The van der Waals surface area contributed by atoms with Crippen LogP contribution in [0.2, 0.25) is 0 Å². The minimum absolute atomic E-state index is 0. The van der Waals surface area contributed by atoms with Gasteiger partial charge in [-0.2, -0.15) is 0 Å².